The van der Waals surface area contributed by atoms with Gasteiger partial charge in [-0.1, -0.05) is 0 Å². The van der Waals surface area contributed by atoms with Gasteiger partial charge in [-0.2, -0.15) is 18.4 Å². The van der Waals surface area contributed by atoms with Crippen molar-refractivity contribution in [2.45, 2.75) is 44.3 Å². The minimum atomic E-state index is -4.58. The molecule has 3 heterocycles. The van der Waals surface area contributed by atoms with Gasteiger partial charge in [0, 0.05) is 38.1 Å². The number of nitriles is 1. The number of alkyl halides is 3. The summed E-state index contributed by atoms with van der Waals surface area (Å²) in [4.78, 5) is 24.2. The lowest BCUT2D eigenvalue weighted by Crippen LogP contribution is -2.54. The van der Waals surface area contributed by atoms with E-state index >= 15 is 4.39 Å². The van der Waals surface area contributed by atoms with Crippen LogP contribution < -0.4 is 20.3 Å². The standard InChI is InChI=1S/C30H32F4N6O2/c1-4-42-27-23(6-5-11-37-27)26-24(31)15-22(18-38-26)29(28(41)39-19(2)17-36-3)9-12-40(13-10-29)25-8-7-21(30(32,33)34)14-20(25)16-35/h5-8,11,14-15,18-19,36H,4,9-10,12-13,17H2,1-3H3,(H,39,41). The maximum Gasteiger partial charge on any atom is 0.416 e. The zero-order valence-corrected chi connectivity index (χ0v) is 23.6. The highest BCUT2D eigenvalue weighted by molar-refractivity contribution is 5.89. The highest BCUT2D eigenvalue weighted by Crippen LogP contribution is 2.40. The first-order chi connectivity index (χ1) is 20.0. The van der Waals surface area contributed by atoms with Gasteiger partial charge in [0.2, 0.25) is 11.8 Å². The smallest absolute Gasteiger partial charge is 0.416 e. The van der Waals surface area contributed by atoms with E-state index < -0.39 is 23.0 Å². The molecule has 4 rings (SSSR count). The Labute approximate surface area is 241 Å². The predicted octanol–water partition coefficient (Wildman–Crippen LogP) is 4.83. The van der Waals surface area contributed by atoms with Crippen molar-refractivity contribution in [3.05, 3.63) is 71.3 Å². The zero-order valence-electron chi connectivity index (χ0n) is 23.6. The summed E-state index contributed by atoms with van der Waals surface area (Å²) in [6.07, 6.45) is -1.12. The summed E-state index contributed by atoms with van der Waals surface area (Å²) in [6.45, 7) is 4.97. The quantitative estimate of drug-likeness (QED) is 0.347. The Hall–Kier alpha value is -4.24. The number of aromatic nitrogens is 2. The van der Waals surface area contributed by atoms with Crippen molar-refractivity contribution in [2.24, 2.45) is 0 Å². The van der Waals surface area contributed by atoms with E-state index in [1.165, 1.54) is 24.5 Å². The Balaban J connectivity index is 1.69. The van der Waals surface area contributed by atoms with Crippen LogP contribution in [0.2, 0.25) is 0 Å². The Bertz CT molecular complexity index is 1460. The lowest BCUT2D eigenvalue weighted by Gasteiger charge is -2.42. The second-order valence-corrected chi connectivity index (χ2v) is 10.2. The molecule has 0 saturated carbocycles. The largest absolute Gasteiger partial charge is 0.477 e. The van der Waals surface area contributed by atoms with Crippen LogP contribution in [0.1, 0.15) is 43.4 Å². The summed E-state index contributed by atoms with van der Waals surface area (Å²) in [5.74, 6) is -0.706. The molecule has 8 nitrogen and oxygen atoms in total. The number of rotatable bonds is 9. The molecule has 42 heavy (non-hydrogen) atoms. The van der Waals surface area contributed by atoms with Crippen LogP contribution in [0.15, 0.2) is 48.8 Å². The number of anilines is 1. The highest BCUT2D eigenvalue weighted by Gasteiger charge is 2.44. The Morgan fingerprint density at radius 1 is 1.21 bits per heavy atom. The van der Waals surface area contributed by atoms with E-state index in [9.17, 15) is 23.2 Å². The van der Waals surface area contributed by atoms with Gasteiger partial charge < -0.3 is 20.3 Å². The van der Waals surface area contributed by atoms with Gasteiger partial charge in [-0.25, -0.2) is 9.37 Å². The van der Waals surface area contributed by atoms with Crippen molar-refractivity contribution in [1.29, 1.82) is 5.26 Å². The molecule has 0 aliphatic carbocycles. The van der Waals surface area contributed by atoms with Crippen LogP contribution in [0.3, 0.4) is 0 Å². The third-order valence-corrected chi connectivity index (χ3v) is 7.43. The van der Waals surface area contributed by atoms with Crippen LogP contribution in [0, 0.1) is 17.1 Å². The van der Waals surface area contributed by atoms with Gasteiger partial charge >= 0.3 is 6.18 Å². The lowest BCUT2D eigenvalue weighted by atomic mass is 9.72. The average molecular weight is 585 g/mol. The molecule has 1 amide bonds. The van der Waals surface area contributed by atoms with Crippen LogP contribution in [0.25, 0.3) is 11.3 Å². The van der Waals surface area contributed by atoms with Gasteiger partial charge in [0.25, 0.3) is 0 Å². The fraction of sp³-hybridized carbons (Fsp3) is 0.400. The minimum Gasteiger partial charge on any atom is -0.477 e. The molecule has 3 aromatic rings. The summed E-state index contributed by atoms with van der Waals surface area (Å²) in [7, 11) is 1.76. The fourth-order valence-electron chi connectivity index (χ4n) is 5.29. The molecule has 0 bridgehead atoms. The average Bonchev–Trinajstić information content (AvgIpc) is 2.97. The summed E-state index contributed by atoms with van der Waals surface area (Å²) in [6, 6.07) is 9.30. The number of carbonyl (C=O) groups excluding carboxylic acids is 1. The van der Waals surface area contributed by atoms with E-state index in [4.69, 9.17) is 4.74 Å². The number of ether oxygens (including phenoxy) is 1. The maximum absolute atomic E-state index is 15.7. The number of amides is 1. The molecule has 1 atom stereocenters. The zero-order chi connectivity index (χ0) is 30.5. The number of piperidine rings is 1. The van der Waals surface area contributed by atoms with Gasteiger partial charge in [0.15, 0.2) is 0 Å². The molecule has 12 heteroatoms. The van der Waals surface area contributed by atoms with E-state index in [0.29, 0.717) is 30.0 Å². The molecular formula is C30H32F4N6O2. The molecule has 1 unspecified atom stereocenters. The molecule has 2 N–H and O–H groups in total. The van der Waals surface area contributed by atoms with Crippen LogP contribution in [-0.4, -0.2) is 55.2 Å². The molecule has 1 fully saturated rings. The van der Waals surface area contributed by atoms with Gasteiger partial charge in [0.05, 0.1) is 34.4 Å². The van der Waals surface area contributed by atoms with E-state index in [2.05, 4.69) is 20.6 Å². The number of likely N-dealkylation sites (N-methyl/N-ethyl adjacent to an activating group) is 1. The number of nitrogens with zero attached hydrogens (tertiary/aromatic N) is 4. The van der Waals surface area contributed by atoms with E-state index in [0.717, 1.165) is 12.1 Å². The number of pyridine rings is 2. The minimum absolute atomic E-state index is 0.0373. The molecule has 0 radical (unpaired) electrons. The monoisotopic (exact) mass is 584 g/mol. The molecule has 0 spiro atoms. The molecular weight excluding hydrogens is 552 g/mol. The van der Waals surface area contributed by atoms with Gasteiger partial charge in [0.1, 0.15) is 17.6 Å². The number of halogens is 4. The molecule has 1 aliphatic heterocycles. The molecule has 222 valence electrons. The van der Waals surface area contributed by atoms with Crippen LogP contribution in [0.4, 0.5) is 23.2 Å². The SMILES string of the molecule is CCOc1ncccc1-c1ncc(C2(C(=O)NC(C)CNC)CCN(c3ccc(C(F)(F)F)cc3C#N)CC2)cc1F. The second kappa shape index (κ2) is 12.7. The first kappa shape index (κ1) is 30.7. The van der Waals surface area contributed by atoms with Crippen LogP contribution >= 0.6 is 0 Å². The fourth-order valence-corrected chi connectivity index (χ4v) is 5.29. The third kappa shape index (κ3) is 6.31. The van der Waals surface area contributed by atoms with E-state index in [-0.39, 0.29) is 55.0 Å². The molecule has 1 aromatic carbocycles. The molecule has 1 saturated heterocycles. The Morgan fingerprint density at radius 3 is 2.57 bits per heavy atom. The molecule has 1 aliphatic rings. The van der Waals surface area contributed by atoms with Crippen molar-refractivity contribution < 1.29 is 27.1 Å². The molecule has 2 aromatic heterocycles. The Morgan fingerprint density at radius 2 is 1.95 bits per heavy atom. The van der Waals surface area contributed by atoms with Gasteiger partial charge in [-0.3, -0.25) is 9.78 Å². The third-order valence-electron chi connectivity index (χ3n) is 7.43. The number of carbonyl (C=O) groups is 1. The first-order valence-corrected chi connectivity index (χ1v) is 13.6. The highest BCUT2D eigenvalue weighted by atomic mass is 19.4. The maximum atomic E-state index is 15.7. The van der Waals surface area contributed by atoms with E-state index in [1.54, 1.807) is 31.0 Å². The lowest BCUT2D eigenvalue weighted by molar-refractivity contribution is -0.137. The van der Waals surface area contributed by atoms with E-state index in [1.807, 2.05) is 13.0 Å². The number of hydrogen-bond donors (Lipinski definition) is 2. The summed E-state index contributed by atoms with van der Waals surface area (Å²) >= 11 is 0. The van der Waals surface area contributed by atoms with Crippen LogP contribution in [-0.2, 0) is 16.4 Å². The summed E-state index contributed by atoms with van der Waals surface area (Å²) in [5, 5.41) is 15.6. The van der Waals surface area contributed by atoms with Crippen molar-refractivity contribution in [1.82, 2.24) is 20.6 Å². The van der Waals surface area contributed by atoms with Crippen molar-refractivity contribution in [3.8, 4) is 23.2 Å². The number of hydrogen-bond acceptors (Lipinski definition) is 7. The van der Waals surface area contributed by atoms with Gasteiger partial charge in [-0.05, 0) is 75.7 Å². The van der Waals surface area contributed by atoms with Crippen molar-refractivity contribution in [3.63, 3.8) is 0 Å². The van der Waals surface area contributed by atoms with Crippen molar-refractivity contribution in [2.75, 3.05) is 38.2 Å². The summed E-state index contributed by atoms with van der Waals surface area (Å²) < 4.78 is 60.9. The topological polar surface area (TPSA) is 103 Å². The van der Waals surface area contributed by atoms with Crippen LogP contribution in [0.5, 0.6) is 5.88 Å². The predicted molar refractivity (Wildman–Crippen MR) is 149 cm³/mol. The normalized spacial score (nSPS) is 15.5. The Kier molecular flexibility index (Phi) is 9.31. The summed E-state index contributed by atoms with van der Waals surface area (Å²) in [5.41, 5.74) is -1.03. The van der Waals surface area contributed by atoms with Gasteiger partial charge in [-0.15, -0.1) is 0 Å². The van der Waals surface area contributed by atoms with Crippen molar-refractivity contribution >= 4 is 11.6 Å². The second-order valence-electron chi connectivity index (χ2n) is 10.2. The first-order valence-electron chi connectivity index (χ1n) is 13.6. The number of nitrogens with one attached hydrogen (secondary N) is 2. The number of benzene rings is 1.